The molecule has 0 radical (unpaired) electrons. The molecule has 0 aliphatic carbocycles. The zero-order chi connectivity index (χ0) is 24.6. The molecule has 4 nitrogen and oxygen atoms in total. The lowest BCUT2D eigenvalue weighted by Gasteiger charge is -2.15. The SMILES string of the molecule is CN1CCC(CCOc2ccc(Cc3ccccc3-c3ccc(OCCN4CCCC4)cc3)cc2)C1. The minimum atomic E-state index is 0.758. The summed E-state index contributed by atoms with van der Waals surface area (Å²) in [5, 5.41) is 0. The predicted octanol–water partition coefficient (Wildman–Crippen LogP) is 6.14. The maximum atomic E-state index is 6.04. The Kier molecular flexibility index (Phi) is 8.58. The first kappa shape index (κ1) is 24.9. The molecule has 2 fully saturated rings. The molecule has 0 N–H and O–H groups in total. The van der Waals surface area contributed by atoms with Crippen LogP contribution in [0.2, 0.25) is 0 Å². The van der Waals surface area contributed by atoms with Gasteiger partial charge in [-0.15, -0.1) is 0 Å². The van der Waals surface area contributed by atoms with Crippen LogP contribution in [-0.2, 0) is 6.42 Å². The Labute approximate surface area is 216 Å². The molecule has 0 bridgehead atoms. The minimum absolute atomic E-state index is 0.758. The minimum Gasteiger partial charge on any atom is -0.494 e. The van der Waals surface area contributed by atoms with E-state index < -0.39 is 0 Å². The van der Waals surface area contributed by atoms with Crippen LogP contribution in [-0.4, -0.2) is 62.8 Å². The summed E-state index contributed by atoms with van der Waals surface area (Å²) in [6, 6.07) is 25.9. The van der Waals surface area contributed by atoms with Crippen LogP contribution in [0.4, 0.5) is 0 Å². The molecule has 36 heavy (non-hydrogen) atoms. The van der Waals surface area contributed by atoms with Gasteiger partial charge < -0.3 is 14.4 Å². The third-order valence-electron chi connectivity index (χ3n) is 7.66. The standard InChI is InChI=1S/C32H40N2O2/c1-33-20-16-27(25-33)17-22-35-30-12-8-26(9-13-30)24-29-6-2-3-7-32(29)28-10-14-31(15-11-28)36-23-21-34-18-4-5-19-34/h2-3,6-15,27H,4-5,16-25H2,1H3. The summed E-state index contributed by atoms with van der Waals surface area (Å²) in [6.07, 6.45) is 5.99. The van der Waals surface area contributed by atoms with E-state index in [1.165, 1.54) is 67.7 Å². The van der Waals surface area contributed by atoms with Gasteiger partial charge in [0, 0.05) is 13.1 Å². The van der Waals surface area contributed by atoms with E-state index in [1.54, 1.807) is 0 Å². The van der Waals surface area contributed by atoms with Gasteiger partial charge in [0.15, 0.2) is 0 Å². The number of rotatable bonds is 11. The average molecular weight is 485 g/mol. The second kappa shape index (κ2) is 12.4. The molecular weight excluding hydrogens is 444 g/mol. The van der Waals surface area contributed by atoms with Crippen LogP contribution < -0.4 is 9.47 Å². The number of hydrogen-bond donors (Lipinski definition) is 0. The van der Waals surface area contributed by atoms with Crippen molar-refractivity contribution in [1.29, 1.82) is 0 Å². The third-order valence-corrected chi connectivity index (χ3v) is 7.66. The van der Waals surface area contributed by atoms with Crippen molar-refractivity contribution in [2.75, 3.05) is 53.0 Å². The summed E-state index contributed by atoms with van der Waals surface area (Å²) < 4.78 is 12.0. The second-order valence-corrected chi connectivity index (χ2v) is 10.5. The molecule has 190 valence electrons. The van der Waals surface area contributed by atoms with Crippen LogP contribution in [0.5, 0.6) is 11.5 Å². The molecule has 5 rings (SSSR count). The fourth-order valence-electron chi connectivity index (χ4n) is 5.51. The van der Waals surface area contributed by atoms with Crippen molar-refractivity contribution >= 4 is 0 Å². The predicted molar refractivity (Wildman–Crippen MR) is 148 cm³/mol. The van der Waals surface area contributed by atoms with E-state index >= 15 is 0 Å². The number of hydrogen-bond acceptors (Lipinski definition) is 4. The second-order valence-electron chi connectivity index (χ2n) is 10.5. The van der Waals surface area contributed by atoms with Gasteiger partial charge in [0.05, 0.1) is 6.61 Å². The van der Waals surface area contributed by atoms with Crippen molar-refractivity contribution in [3.05, 3.63) is 83.9 Å². The van der Waals surface area contributed by atoms with Gasteiger partial charge in [-0.1, -0.05) is 48.5 Å². The fraction of sp³-hybridized carbons (Fsp3) is 0.438. The van der Waals surface area contributed by atoms with Gasteiger partial charge in [0.2, 0.25) is 0 Å². The first-order valence-corrected chi connectivity index (χ1v) is 13.7. The van der Waals surface area contributed by atoms with Crippen LogP contribution in [0.25, 0.3) is 11.1 Å². The molecule has 4 heteroatoms. The van der Waals surface area contributed by atoms with Crippen molar-refractivity contribution in [2.45, 2.75) is 32.1 Å². The van der Waals surface area contributed by atoms with Crippen molar-refractivity contribution in [3.63, 3.8) is 0 Å². The van der Waals surface area contributed by atoms with Gasteiger partial charge in [-0.2, -0.15) is 0 Å². The van der Waals surface area contributed by atoms with Crippen LogP contribution >= 0.6 is 0 Å². The van der Waals surface area contributed by atoms with Crippen molar-refractivity contribution in [3.8, 4) is 22.6 Å². The van der Waals surface area contributed by atoms with Gasteiger partial charge in [-0.25, -0.2) is 0 Å². The highest BCUT2D eigenvalue weighted by atomic mass is 16.5. The van der Waals surface area contributed by atoms with E-state index in [1.807, 2.05) is 0 Å². The Morgan fingerprint density at radius 1 is 0.778 bits per heavy atom. The molecule has 2 aliphatic heterocycles. The van der Waals surface area contributed by atoms with Gasteiger partial charge in [-0.3, -0.25) is 4.90 Å². The molecule has 3 aromatic carbocycles. The topological polar surface area (TPSA) is 24.9 Å². The monoisotopic (exact) mass is 484 g/mol. The Morgan fingerprint density at radius 2 is 1.47 bits per heavy atom. The molecule has 3 aromatic rings. The molecule has 1 atom stereocenters. The molecule has 0 amide bonds. The Morgan fingerprint density at radius 3 is 2.19 bits per heavy atom. The van der Waals surface area contributed by atoms with Crippen LogP contribution in [0.3, 0.4) is 0 Å². The van der Waals surface area contributed by atoms with Gasteiger partial charge in [0.25, 0.3) is 0 Å². The third kappa shape index (κ3) is 6.89. The largest absolute Gasteiger partial charge is 0.494 e. The van der Waals surface area contributed by atoms with E-state index in [-0.39, 0.29) is 0 Å². The summed E-state index contributed by atoms with van der Waals surface area (Å²) in [4.78, 5) is 4.90. The van der Waals surface area contributed by atoms with Crippen LogP contribution in [0, 0.1) is 5.92 Å². The zero-order valence-corrected chi connectivity index (χ0v) is 21.7. The highest BCUT2D eigenvalue weighted by Crippen LogP contribution is 2.28. The number of ether oxygens (including phenoxy) is 2. The summed E-state index contributed by atoms with van der Waals surface area (Å²) >= 11 is 0. The maximum Gasteiger partial charge on any atom is 0.119 e. The summed E-state index contributed by atoms with van der Waals surface area (Å²) in [5.74, 6) is 2.70. The highest BCUT2D eigenvalue weighted by Gasteiger charge is 2.19. The lowest BCUT2D eigenvalue weighted by atomic mass is 9.95. The fourth-order valence-corrected chi connectivity index (χ4v) is 5.51. The van der Waals surface area contributed by atoms with E-state index in [9.17, 15) is 0 Å². The van der Waals surface area contributed by atoms with E-state index in [2.05, 4.69) is 89.6 Å². The smallest absolute Gasteiger partial charge is 0.119 e. The number of nitrogens with zero attached hydrogens (tertiary/aromatic N) is 2. The molecule has 0 saturated carbocycles. The lowest BCUT2D eigenvalue weighted by molar-refractivity contribution is 0.238. The number of likely N-dealkylation sites (tertiary alicyclic amines) is 2. The quantitative estimate of drug-likeness (QED) is 0.326. The maximum absolute atomic E-state index is 6.04. The molecule has 0 spiro atoms. The van der Waals surface area contributed by atoms with Crippen molar-refractivity contribution in [1.82, 2.24) is 9.80 Å². The highest BCUT2D eigenvalue weighted by molar-refractivity contribution is 5.68. The van der Waals surface area contributed by atoms with Gasteiger partial charge in [0.1, 0.15) is 18.1 Å². The molecule has 2 aliphatic rings. The van der Waals surface area contributed by atoms with Crippen LogP contribution in [0.15, 0.2) is 72.8 Å². The van der Waals surface area contributed by atoms with Crippen LogP contribution in [0.1, 0.15) is 36.8 Å². The Bertz CT molecular complexity index is 1070. The molecule has 2 heterocycles. The van der Waals surface area contributed by atoms with Crippen molar-refractivity contribution < 1.29 is 9.47 Å². The number of benzene rings is 3. The van der Waals surface area contributed by atoms with E-state index in [0.29, 0.717) is 0 Å². The summed E-state index contributed by atoms with van der Waals surface area (Å²) in [6.45, 7) is 7.44. The Balaban J connectivity index is 1.14. The molecule has 1 unspecified atom stereocenters. The van der Waals surface area contributed by atoms with Gasteiger partial charge in [-0.05, 0) is 111 Å². The van der Waals surface area contributed by atoms with Crippen molar-refractivity contribution in [2.24, 2.45) is 5.92 Å². The molecular formula is C32H40N2O2. The van der Waals surface area contributed by atoms with Gasteiger partial charge >= 0.3 is 0 Å². The zero-order valence-electron chi connectivity index (χ0n) is 21.7. The summed E-state index contributed by atoms with van der Waals surface area (Å²) in [5.41, 5.74) is 5.14. The van der Waals surface area contributed by atoms with E-state index in [4.69, 9.17) is 9.47 Å². The lowest BCUT2D eigenvalue weighted by Crippen LogP contribution is -2.25. The normalized spacial score (nSPS) is 18.5. The molecule has 0 aromatic heterocycles. The van der Waals surface area contributed by atoms with E-state index in [0.717, 1.165) is 50.0 Å². The molecule has 2 saturated heterocycles. The first-order valence-electron chi connectivity index (χ1n) is 13.7. The average Bonchev–Trinajstić information content (AvgIpc) is 3.58. The first-order chi connectivity index (χ1) is 17.7. The Hall–Kier alpha value is -2.82. The summed E-state index contributed by atoms with van der Waals surface area (Å²) in [7, 11) is 2.21.